The Morgan fingerprint density at radius 1 is 1.62 bits per heavy atom. The van der Waals surface area contributed by atoms with E-state index < -0.39 is 17.1 Å². The Bertz CT molecular complexity index is 553. The number of rotatable bonds is 4. The minimum atomic E-state index is -1.07. The molecule has 1 aromatic rings. The molecule has 1 aliphatic heterocycles. The van der Waals surface area contributed by atoms with Crippen LogP contribution in [0.5, 0.6) is 5.75 Å². The van der Waals surface area contributed by atoms with Gasteiger partial charge in [0.2, 0.25) is 0 Å². The summed E-state index contributed by atoms with van der Waals surface area (Å²) in [6.45, 7) is 0.721. The van der Waals surface area contributed by atoms with Gasteiger partial charge in [-0.15, -0.1) is 0 Å². The first-order chi connectivity index (χ1) is 9.99. The maximum atomic E-state index is 11.1. The Kier molecular flexibility index (Phi) is 4.81. The molecular weight excluding hydrogens is 304 g/mol. The molecule has 0 aromatic heterocycles. The van der Waals surface area contributed by atoms with E-state index >= 15 is 0 Å². The van der Waals surface area contributed by atoms with Gasteiger partial charge in [-0.2, -0.15) is 0 Å². The maximum absolute atomic E-state index is 11.1. The molecular formula is C12H13ClN2O6. The van der Waals surface area contributed by atoms with Gasteiger partial charge in [0, 0.05) is 17.6 Å². The van der Waals surface area contributed by atoms with Crippen molar-refractivity contribution in [3.63, 3.8) is 0 Å². The second-order valence-corrected chi connectivity index (χ2v) is 4.82. The van der Waals surface area contributed by atoms with Crippen molar-refractivity contribution >= 4 is 23.4 Å². The Labute approximate surface area is 125 Å². The van der Waals surface area contributed by atoms with Gasteiger partial charge in [0.1, 0.15) is 6.61 Å². The van der Waals surface area contributed by atoms with E-state index in [0.29, 0.717) is 6.61 Å². The molecule has 1 N–H and O–H groups in total. The third-order valence-electron chi connectivity index (χ3n) is 3.02. The van der Waals surface area contributed by atoms with Crippen LogP contribution in [0.1, 0.15) is 0 Å². The van der Waals surface area contributed by atoms with E-state index in [4.69, 9.17) is 26.2 Å². The first-order valence-electron chi connectivity index (χ1n) is 6.13. The van der Waals surface area contributed by atoms with Gasteiger partial charge in [0.05, 0.1) is 24.2 Å². The van der Waals surface area contributed by atoms with Gasteiger partial charge in [0.25, 0.3) is 0 Å². The number of benzene rings is 1. The Morgan fingerprint density at radius 3 is 3.05 bits per heavy atom. The van der Waals surface area contributed by atoms with Crippen molar-refractivity contribution in [1.29, 1.82) is 0 Å². The van der Waals surface area contributed by atoms with Gasteiger partial charge in [0.15, 0.2) is 5.75 Å². The molecule has 9 heteroatoms. The molecule has 1 amide bonds. The van der Waals surface area contributed by atoms with Crippen molar-refractivity contribution in [2.45, 2.75) is 6.04 Å². The SMILES string of the molecule is O=C(O)N1CCOC[C@@H]1COc1ccc(Cl)cc1[N+](=O)[O-]. The molecule has 0 bridgehead atoms. The Hall–Kier alpha value is -2.06. The molecule has 0 unspecified atom stereocenters. The Morgan fingerprint density at radius 2 is 2.38 bits per heavy atom. The van der Waals surface area contributed by atoms with E-state index in [1.807, 2.05) is 0 Å². The lowest BCUT2D eigenvalue weighted by Gasteiger charge is -2.33. The van der Waals surface area contributed by atoms with Gasteiger partial charge in [-0.05, 0) is 12.1 Å². The van der Waals surface area contributed by atoms with Crippen LogP contribution in [-0.2, 0) is 4.74 Å². The van der Waals surface area contributed by atoms with Crippen LogP contribution in [0.3, 0.4) is 0 Å². The maximum Gasteiger partial charge on any atom is 0.407 e. The van der Waals surface area contributed by atoms with Crippen molar-refractivity contribution in [3.05, 3.63) is 33.3 Å². The fourth-order valence-electron chi connectivity index (χ4n) is 1.99. The van der Waals surface area contributed by atoms with Gasteiger partial charge < -0.3 is 14.6 Å². The number of hydrogen-bond acceptors (Lipinski definition) is 5. The zero-order valence-corrected chi connectivity index (χ0v) is 11.7. The third-order valence-corrected chi connectivity index (χ3v) is 3.26. The van der Waals surface area contributed by atoms with Crippen molar-refractivity contribution in [2.75, 3.05) is 26.4 Å². The van der Waals surface area contributed by atoms with Crippen molar-refractivity contribution < 1.29 is 24.3 Å². The van der Waals surface area contributed by atoms with Crippen LogP contribution in [0.15, 0.2) is 18.2 Å². The van der Waals surface area contributed by atoms with Crippen LogP contribution in [0.2, 0.25) is 5.02 Å². The molecule has 0 saturated carbocycles. The van der Waals surface area contributed by atoms with Gasteiger partial charge >= 0.3 is 11.8 Å². The van der Waals surface area contributed by atoms with Crippen molar-refractivity contribution in [2.24, 2.45) is 0 Å². The summed E-state index contributed by atoms with van der Waals surface area (Å²) in [6, 6.07) is 3.53. The first kappa shape index (κ1) is 15.3. The molecule has 0 aliphatic carbocycles. The highest BCUT2D eigenvalue weighted by Crippen LogP contribution is 2.30. The number of nitro benzene ring substituents is 1. The third kappa shape index (κ3) is 3.73. The van der Waals surface area contributed by atoms with Crippen LogP contribution >= 0.6 is 11.6 Å². The smallest absolute Gasteiger partial charge is 0.407 e. The summed E-state index contributed by atoms with van der Waals surface area (Å²) in [5, 5.41) is 20.2. The molecule has 1 atom stereocenters. The summed E-state index contributed by atoms with van der Waals surface area (Å²) in [7, 11) is 0. The summed E-state index contributed by atoms with van der Waals surface area (Å²) in [5.74, 6) is 0.0420. The normalized spacial score (nSPS) is 18.3. The quantitative estimate of drug-likeness (QED) is 0.673. The van der Waals surface area contributed by atoms with E-state index in [1.54, 1.807) is 0 Å². The number of halogens is 1. The summed E-state index contributed by atoms with van der Waals surface area (Å²) >= 11 is 5.71. The zero-order chi connectivity index (χ0) is 15.4. The summed E-state index contributed by atoms with van der Waals surface area (Å²) in [5.41, 5.74) is -0.263. The van der Waals surface area contributed by atoms with Gasteiger partial charge in [-0.3, -0.25) is 15.0 Å². The minimum absolute atomic E-state index is 0.0330. The number of amides is 1. The minimum Gasteiger partial charge on any atom is -0.485 e. The average Bonchev–Trinajstić information content (AvgIpc) is 2.46. The zero-order valence-electron chi connectivity index (χ0n) is 10.9. The highest BCUT2D eigenvalue weighted by atomic mass is 35.5. The molecule has 21 heavy (non-hydrogen) atoms. The first-order valence-corrected chi connectivity index (χ1v) is 6.51. The second-order valence-electron chi connectivity index (χ2n) is 4.38. The predicted octanol–water partition coefficient (Wildman–Crippen LogP) is 2.01. The number of ether oxygens (including phenoxy) is 2. The molecule has 1 aliphatic rings. The van der Waals surface area contributed by atoms with Crippen molar-refractivity contribution in [3.8, 4) is 5.75 Å². The van der Waals surface area contributed by atoms with Crippen molar-refractivity contribution in [1.82, 2.24) is 4.90 Å². The highest BCUT2D eigenvalue weighted by molar-refractivity contribution is 6.30. The van der Waals surface area contributed by atoms with E-state index in [2.05, 4.69) is 0 Å². The molecule has 2 rings (SSSR count). The van der Waals surface area contributed by atoms with Gasteiger partial charge in [-0.25, -0.2) is 4.79 Å². The summed E-state index contributed by atoms with van der Waals surface area (Å²) < 4.78 is 10.6. The fraction of sp³-hybridized carbons (Fsp3) is 0.417. The second kappa shape index (κ2) is 6.59. The molecule has 0 radical (unpaired) electrons. The molecule has 1 heterocycles. The molecule has 1 aromatic carbocycles. The molecule has 1 fully saturated rings. The summed E-state index contributed by atoms with van der Waals surface area (Å²) in [4.78, 5) is 22.6. The average molecular weight is 317 g/mol. The van der Waals surface area contributed by atoms with Crippen LogP contribution in [0, 0.1) is 10.1 Å². The van der Waals surface area contributed by atoms with Gasteiger partial charge in [-0.1, -0.05) is 11.6 Å². The number of hydrogen-bond donors (Lipinski definition) is 1. The lowest BCUT2D eigenvalue weighted by molar-refractivity contribution is -0.385. The fourth-order valence-corrected chi connectivity index (χ4v) is 2.15. The largest absolute Gasteiger partial charge is 0.485 e. The molecule has 8 nitrogen and oxygen atoms in total. The lowest BCUT2D eigenvalue weighted by Crippen LogP contribution is -2.50. The van der Waals surface area contributed by atoms with Crippen LogP contribution in [-0.4, -0.2) is 53.4 Å². The topological polar surface area (TPSA) is 102 Å². The van der Waals surface area contributed by atoms with Crippen LogP contribution < -0.4 is 4.74 Å². The predicted molar refractivity (Wildman–Crippen MR) is 72.9 cm³/mol. The van der Waals surface area contributed by atoms with E-state index in [0.717, 1.165) is 0 Å². The highest BCUT2D eigenvalue weighted by Gasteiger charge is 2.28. The van der Waals surface area contributed by atoms with E-state index in [1.165, 1.54) is 23.1 Å². The van der Waals surface area contributed by atoms with Crippen LogP contribution in [0.25, 0.3) is 0 Å². The molecule has 1 saturated heterocycles. The number of morpholine rings is 1. The lowest BCUT2D eigenvalue weighted by atomic mass is 10.2. The molecule has 0 spiro atoms. The Balaban J connectivity index is 2.08. The van der Waals surface area contributed by atoms with E-state index in [9.17, 15) is 14.9 Å². The number of nitrogens with zero attached hydrogens (tertiary/aromatic N) is 2. The molecule has 114 valence electrons. The standard InChI is InChI=1S/C12H13ClN2O6/c13-8-1-2-11(10(5-8)15(18)19)21-7-9-6-20-4-3-14(9)12(16)17/h1-2,5,9H,3-4,6-7H2,(H,16,17)/t9-/m1/s1. The van der Waals surface area contributed by atoms with Crippen LogP contribution in [0.4, 0.5) is 10.5 Å². The number of nitro groups is 1. The summed E-state index contributed by atoms with van der Waals surface area (Å²) in [6.07, 6.45) is -1.07. The van der Waals surface area contributed by atoms with E-state index in [-0.39, 0.29) is 36.2 Å². The number of carboxylic acid groups (broad SMARTS) is 1. The monoisotopic (exact) mass is 316 g/mol. The number of carbonyl (C=O) groups is 1.